The molecule has 1 rings (SSSR count). The van der Waals surface area contributed by atoms with Gasteiger partial charge in [0.05, 0.1) is 6.10 Å². The second-order valence-electron chi connectivity index (χ2n) is 3.77. The van der Waals surface area contributed by atoms with Crippen molar-refractivity contribution in [2.24, 2.45) is 0 Å². The molecule has 0 saturated carbocycles. The predicted octanol–water partition coefficient (Wildman–Crippen LogP) is 3.03. The molecule has 0 bridgehead atoms. The fourth-order valence-electron chi connectivity index (χ4n) is 1.59. The highest BCUT2D eigenvalue weighted by atomic mass is 32.1. The number of rotatable bonds is 5. The largest absolute Gasteiger partial charge is 0.465 e. The van der Waals surface area contributed by atoms with Crippen LogP contribution >= 0.6 is 12.6 Å². The van der Waals surface area contributed by atoms with Gasteiger partial charge in [-0.05, 0) is 37.0 Å². The summed E-state index contributed by atoms with van der Waals surface area (Å²) < 4.78 is 4.86. The highest BCUT2D eigenvalue weighted by Gasteiger charge is 2.10. The van der Waals surface area contributed by atoms with Gasteiger partial charge in [0.1, 0.15) is 0 Å². The second kappa shape index (κ2) is 5.81. The molecule has 82 valence electrons. The molecule has 0 saturated heterocycles. The van der Waals surface area contributed by atoms with E-state index in [0.29, 0.717) is 12.4 Å². The number of hydrogen-bond donors (Lipinski definition) is 1. The van der Waals surface area contributed by atoms with Crippen LogP contribution in [0.1, 0.15) is 31.7 Å². The molecule has 0 amide bonds. The van der Waals surface area contributed by atoms with Crippen molar-refractivity contribution in [2.45, 2.75) is 37.2 Å². The number of ether oxygens (including phenoxy) is 1. The first kappa shape index (κ1) is 12.1. The molecule has 1 aromatic rings. The Hall–Kier alpha value is -0.960. The Kier molecular flexibility index (Phi) is 4.69. The van der Waals surface area contributed by atoms with Gasteiger partial charge in [-0.1, -0.05) is 19.1 Å². The van der Waals surface area contributed by atoms with Crippen LogP contribution in [0.5, 0.6) is 0 Å². The normalized spacial score (nSPS) is 14.3. The molecule has 0 aromatic heterocycles. The van der Waals surface area contributed by atoms with Crippen molar-refractivity contribution in [3.8, 4) is 0 Å². The lowest BCUT2D eigenvalue weighted by molar-refractivity contribution is -0.133. The molecule has 3 heteroatoms. The highest BCUT2D eigenvalue weighted by molar-refractivity contribution is 7.80. The first-order valence-corrected chi connectivity index (χ1v) is 5.46. The van der Waals surface area contributed by atoms with E-state index >= 15 is 0 Å². The van der Waals surface area contributed by atoms with E-state index < -0.39 is 0 Å². The zero-order valence-electron chi connectivity index (χ0n) is 9.01. The lowest BCUT2D eigenvalue weighted by Gasteiger charge is -2.16. The van der Waals surface area contributed by atoms with Crippen LogP contribution in [0.25, 0.3) is 0 Å². The van der Waals surface area contributed by atoms with Crippen LogP contribution in [-0.2, 0) is 9.53 Å². The Morgan fingerprint density at radius 3 is 2.47 bits per heavy atom. The number of thiol groups is 1. The molecule has 2 atom stereocenters. The smallest absolute Gasteiger partial charge is 0.293 e. The van der Waals surface area contributed by atoms with Gasteiger partial charge in [0.2, 0.25) is 0 Å². The van der Waals surface area contributed by atoms with Crippen LogP contribution in [0.15, 0.2) is 29.2 Å². The standard InChI is InChI=1S/C12H16O2S/c1-9(7-10(2)14-8-13)11-3-5-12(15)6-4-11/h3-6,8-10,15H,7H2,1-2H3. The molecule has 0 aliphatic rings. The number of carbonyl (C=O) groups is 1. The van der Waals surface area contributed by atoms with E-state index in [2.05, 4.69) is 31.7 Å². The quantitative estimate of drug-likeness (QED) is 0.614. The van der Waals surface area contributed by atoms with E-state index in [-0.39, 0.29) is 6.10 Å². The molecule has 0 aliphatic heterocycles. The van der Waals surface area contributed by atoms with E-state index in [1.54, 1.807) is 0 Å². The van der Waals surface area contributed by atoms with E-state index in [0.717, 1.165) is 11.3 Å². The molecule has 15 heavy (non-hydrogen) atoms. The summed E-state index contributed by atoms with van der Waals surface area (Å²) in [6.07, 6.45) is 0.804. The molecule has 0 fully saturated rings. The zero-order valence-corrected chi connectivity index (χ0v) is 9.91. The third-order valence-corrected chi connectivity index (χ3v) is 2.73. The van der Waals surface area contributed by atoms with Crippen molar-refractivity contribution >= 4 is 19.1 Å². The van der Waals surface area contributed by atoms with Crippen molar-refractivity contribution < 1.29 is 9.53 Å². The summed E-state index contributed by atoms with van der Waals surface area (Å²) in [5.74, 6) is 0.383. The van der Waals surface area contributed by atoms with Crippen molar-refractivity contribution in [3.05, 3.63) is 29.8 Å². The highest BCUT2D eigenvalue weighted by Crippen LogP contribution is 2.22. The zero-order chi connectivity index (χ0) is 11.3. The first-order valence-electron chi connectivity index (χ1n) is 5.01. The molecule has 2 nitrogen and oxygen atoms in total. The van der Waals surface area contributed by atoms with E-state index in [9.17, 15) is 4.79 Å². The fourth-order valence-corrected chi connectivity index (χ4v) is 1.74. The van der Waals surface area contributed by atoms with Crippen LogP contribution in [-0.4, -0.2) is 12.6 Å². The summed E-state index contributed by atoms with van der Waals surface area (Å²) in [7, 11) is 0. The van der Waals surface area contributed by atoms with Crippen LogP contribution in [0.4, 0.5) is 0 Å². The van der Waals surface area contributed by atoms with Crippen LogP contribution in [0.3, 0.4) is 0 Å². The monoisotopic (exact) mass is 224 g/mol. The minimum Gasteiger partial charge on any atom is -0.465 e. The minimum absolute atomic E-state index is 0.0341. The molecular formula is C12H16O2S. The summed E-state index contributed by atoms with van der Waals surface area (Å²) in [5.41, 5.74) is 1.24. The van der Waals surface area contributed by atoms with E-state index in [4.69, 9.17) is 4.74 Å². The van der Waals surface area contributed by atoms with E-state index in [1.165, 1.54) is 5.56 Å². The third-order valence-electron chi connectivity index (χ3n) is 2.44. The Labute approximate surface area is 96.1 Å². The Bertz CT molecular complexity index is 308. The van der Waals surface area contributed by atoms with Crippen molar-refractivity contribution in [1.82, 2.24) is 0 Å². The SMILES string of the molecule is CC(CC(C)c1ccc(S)cc1)OC=O. The van der Waals surface area contributed by atoms with Gasteiger partial charge in [0, 0.05) is 4.90 Å². The van der Waals surface area contributed by atoms with Crippen molar-refractivity contribution in [2.75, 3.05) is 0 Å². The second-order valence-corrected chi connectivity index (χ2v) is 4.29. The molecule has 0 spiro atoms. The van der Waals surface area contributed by atoms with Gasteiger partial charge >= 0.3 is 0 Å². The Morgan fingerprint density at radius 1 is 1.33 bits per heavy atom. The van der Waals surface area contributed by atoms with Crippen LogP contribution < -0.4 is 0 Å². The maximum Gasteiger partial charge on any atom is 0.293 e. The summed E-state index contributed by atoms with van der Waals surface area (Å²) >= 11 is 4.23. The fraction of sp³-hybridized carbons (Fsp3) is 0.417. The summed E-state index contributed by atoms with van der Waals surface area (Å²) in [6, 6.07) is 8.06. The van der Waals surface area contributed by atoms with Gasteiger partial charge in [-0.15, -0.1) is 12.6 Å². The van der Waals surface area contributed by atoms with Gasteiger partial charge < -0.3 is 4.74 Å². The third kappa shape index (κ3) is 3.96. The van der Waals surface area contributed by atoms with Gasteiger partial charge in [0.25, 0.3) is 6.47 Å². The number of benzene rings is 1. The first-order chi connectivity index (χ1) is 7.13. The number of carbonyl (C=O) groups excluding carboxylic acids is 1. The maximum absolute atomic E-state index is 10.1. The topological polar surface area (TPSA) is 26.3 Å². The molecule has 1 aromatic carbocycles. The minimum atomic E-state index is -0.0341. The predicted molar refractivity (Wildman–Crippen MR) is 63.3 cm³/mol. The summed E-state index contributed by atoms with van der Waals surface area (Å²) in [6.45, 7) is 4.53. The Morgan fingerprint density at radius 2 is 1.93 bits per heavy atom. The average Bonchev–Trinajstić information content (AvgIpc) is 2.18. The summed E-state index contributed by atoms with van der Waals surface area (Å²) in [4.78, 5) is 11.1. The van der Waals surface area contributed by atoms with Gasteiger partial charge in [-0.3, -0.25) is 4.79 Å². The van der Waals surface area contributed by atoms with Gasteiger partial charge in [0.15, 0.2) is 0 Å². The molecule has 0 aliphatic carbocycles. The number of hydrogen-bond acceptors (Lipinski definition) is 3. The van der Waals surface area contributed by atoms with Gasteiger partial charge in [-0.2, -0.15) is 0 Å². The van der Waals surface area contributed by atoms with Crippen molar-refractivity contribution in [3.63, 3.8) is 0 Å². The molecule has 0 N–H and O–H groups in total. The van der Waals surface area contributed by atoms with Crippen LogP contribution in [0.2, 0.25) is 0 Å². The summed E-state index contributed by atoms with van der Waals surface area (Å²) in [5, 5.41) is 0. The van der Waals surface area contributed by atoms with Crippen LogP contribution in [0, 0.1) is 0 Å². The maximum atomic E-state index is 10.1. The van der Waals surface area contributed by atoms with Gasteiger partial charge in [-0.25, -0.2) is 0 Å². The lowest BCUT2D eigenvalue weighted by Crippen LogP contribution is -2.10. The van der Waals surface area contributed by atoms with Crippen molar-refractivity contribution in [1.29, 1.82) is 0 Å². The molecule has 0 heterocycles. The molecular weight excluding hydrogens is 208 g/mol. The Balaban J connectivity index is 2.56. The average molecular weight is 224 g/mol. The molecule has 2 unspecified atom stereocenters. The van der Waals surface area contributed by atoms with E-state index in [1.807, 2.05) is 19.1 Å². The molecule has 0 radical (unpaired) electrons. The lowest BCUT2D eigenvalue weighted by atomic mass is 9.95.